The van der Waals surface area contributed by atoms with E-state index in [1.807, 2.05) is 0 Å². The Bertz CT molecular complexity index is 1000. The summed E-state index contributed by atoms with van der Waals surface area (Å²) in [6.45, 7) is -0.399. The van der Waals surface area contributed by atoms with Crippen LogP contribution in [0.2, 0.25) is 5.02 Å². The van der Waals surface area contributed by atoms with Crippen molar-refractivity contribution in [1.82, 2.24) is 9.55 Å². The van der Waals surface area contributed by atoms with E-state index in [0.717, 1.165) is 22.8 Å². The summed E-state index contributed by atoms with van der Waals surface area (Å²) >= 11 is 5.86. The number of benzene rings is 2. The van der Waals surface area contributed by atoms with Crippen LogP contribution in [0.25, 0.3) is 10.9 Å². The van der Waals surface area contributed by atoms with Gasteiger partial charge in [0.2, 0.25) is 5.91 Å². The largest absolute Gasteiger partial charge is 0.322 e. The molecular formula is C16H10ClF2N3O2. The molecule has 122 valence electrons. The molecule has 2 aromatic carbocycles. The molecule has 0 bridgehead atoms. The molecule has 0 fully saturated rings. The highest BCUT2D eigenvalue weighted by atomic mass is 35.5. The molecule has 1 N–H and O–H groups in total. The van der Waals surface area contributed by atoms with Crippen molar-refractivity contribution in [2.24, 2.45) is 0 Å². The fourth-order valence-corrected chi connectivity index (χ4v) is 2.35. The fourth-order valence-electron chi connectivity index (χ4n) is 2.18. The van der Waals surface area contributed by atoms with Gasteiger partial charge >= 0.3 is 0 Å². The zero-order valence-electron chi connectivity index (χ0n) is 12.1. The van der Waals surface area contributed by atoms with Crippen molar-refractivity contribution in [3.63, 3.8) is 0 Å². The molecule has 1 aromatic heterocycles. The third kappa shape index (κ3) is 3.26. The number of hydrogen-bond acceptors (Lipinski definition) is 3. The van der Waals surface area contributed by atoms with E-state index >= 15 is 0 Å². The minimum absolute atomic E-state index is 0.259. The second-order valence-electron chi connectivity index (χ2n) is 5.01. The molecule has 1 amide bonds. The summed E-state index contributed by atoms with van der Waals surface area (Å²) in [5.74, 6) is -2.16. The number of anilines is 1. The van der Waals surface area contributed by atoms with Gasteiger partial charge in [-0.3, -0.25) is 14.2 Å². The lowest BCUT2D eigenvalue weighted by Crippen LogP contribution is -2.28. The Morgan fingerprint density at radius 3 is 2.79 bits per heavy atom. The summed E-state index contributed by atoms with van der Waals surface area (Å²) < 4.78 is 27.7. The zero-order valence-corrected chi connectivity index (χ0v) is 12.8. The van der Waals surface area contributed by atoms with Gasteiger partial charge in [-0.05, 0) is 30.3 Å². The van der Waals surface area contributed by atoms with Crippen LogP contribution < -0.4 is 10.9 Å². The van der Waals surface area contributed by atoms with Gasteiger partial charge in [-0.15, -0.1) is 0 Å². The highest BCUT2D eigenvalue weighted by Gasteiger charge is 2.11. The number of nitrogens with zero attached hydrogens (tertiary/aromatic N) is 2. The Hall–Kier alpha value is -2.80. The first-order chi connectivity index (χ1) is 11.4. The quantitative estimate of drug-likeness (QED) is 0.790. The van der Waals surface area contributed by atoms with E-state index in [2.05, 4.69) is 10.3 Å². The third-order valence-electron chi connectivity index (χ3n) is 3.30. The molecule has 0 radical (unpaired) electrons. The van der Waals surface area contributed by atoms with Crippen molar-refractivity contribution in [3.8, 4) is 0 Å². The Morgan fingerprint density at radius 1 is 1.21 bits per heavy atom. The highest BCUT2D eigenvalue weighted by molar-refractivity contribution is 6.31. The molecule has 0 unspecified atom stereocenters. The van der Waals surface area contributed by atoms with E-state index in [-0.39, 0.29) is 11.1 Å². The zero-order chi connectivity index (χ0) is 17.3. The van der Waals surface area contributed by atoms with Gasteiger partial charge in [0.1, 0.15) is 18.2 Å². The van der Waals surface area contributed by atoms with Crippen molar-refractivity contribution in [2.75, 3.05) is 5.32 Å². The summed E-state index contributed by atoms with van der Waals surface area (Å²) in [5.41, 5.74) is -0.320. The van der Waals surface area contributed by atoms with E-state index < -0.39 is 29.6 Å². The summed E-state index contributed by atoms with van der Waals surface area (Å²) in [6, 6.07) is 7.33. The van der Waals surface area contributed by atoms with E-state index in [1.165, 1.54) is 12.4 Å². The highest BCUT2D eigenvalue weighted by Crippen LogP contribution is 2.16. The number of carbonyl (C=O) groups excluding carboxylic acids is 1. The molecule has 0 atom stereocenters. The van der Waals surface area contributed by atoms with Crippen LogP contribution in [0.3, 0.4) is 0 Å². The van der Waals surface area contributed by atoms with Gasteiger partial charge in [-0.25, -0.2) is 13.8 Å². The summed E-state index contributed by atoms with van der Waals surface area (Å²) in [7, 11) is 0. The standard InChI is InChI=1S/C16H10ClF2N3O2/c17-9-1-4-13-11(5-9)16(24)22(8-20-13)7-15(23)21-14-6-10(18)2-3-12(14)19/h1-6,8H,7H2,(H,21,23). The number of carbonyl (C=O) groups is 1. The van der Waals surface area contributed by atoms with Crippen LogP contribution in [0.4, 0.5) is 14.5 Å². The molecule has 0 spiro atoms. The summed E-state index contributed by atoms with van der Waals surface area (Å²) in [4.78, 5) is 28.4. The first kappa shape index (κ1) is 16.1. The Labute approximate surface area is 139 Å². The number of halogens is 3. The molecule has 1 heterocycles. The molecule has 0 saturated heterocycles. The van der Waals surface area contributed by atoms with Gasteiger partial charge in [-0.2, -0.15) is 0 Å². The first-order valence-corrected chi connectivity index (χ1v) is 7.21. The van der Waals surface area contributed by atoms with Gasteiger partial charge in [0, 0.05) is 11.1 Å². The normalized spacial score (nSPS) is 10.8. The van der Waals surface area contributed by atoms with E-state index in [4.69, 9.17) is 11.6 Å². The maximum absolute atomic E-state index is 13.5. The summed E-state index contributed by atoms with van der Waals surface area (Å²) in [6.07, 6.45) is 1.21. The lowest BCUT2D eigenvalue weighted by Gasteiger charge is -2.09. The fraction of sp³-hybridized carbons (Fsp3) is 0.0625. The molecule has 0 aliphatic rings. The van der Waals surface area contributed by atoms with Crippen LogP contribution in [-0.4, -0.2) is 15.5 Å². The predicted octanol–water partition coefficient (Wildman–Crippen LogP) is 2.97. The second kappa shape index (κ2) is 6.37. The molecule has 0 aliphatic carbocycles. The van der Waals surface area contributed by atoms with E-state index in [0.29, 0.717) is 10.5 Å². The number of rotatable bonds is 3. The smallest absolute Gasteiger partial charge is 0.261 e. The number of aromatic nitrogens is 2. The molecule has 5 nitrogen and oxygen atoms in total. The number of fused-ring (bicyclic) bond motifs is 1. The lowest BCUT2D eigenvalue weighted by molar-refractivity contribution is -0.116. The SMILES string of the molecule is O=C(Cn1cnc2ccc(Cl)cc2c1=O)Nc1cc(F)ccc1F. The molecule has 0 saturated carbocycles. The van der Waals surface area contributed by atoms with Crippen LogP contribution in [0, 0.1) is 11.6 Å². The minimum atomic E-state index is -0.777. The molecule has 3 aromatic rings. The first-order valence-electron chi connectivity index (χ1n) is 6.83. The molecule has 3 rings (SSSR count). The number of amides is 1. The van der Waals surface area contributed by atoms with E-state index in [9.17, 15) is 18.4 Å². The van der Waals surface area contributed by atoms with Crippen LogP contribution in [-0.2, 0) is 11.3 Å². The van der Waals surface area contributed by atoms with Gasteiger partial charge in [0.25, 0.3) is 5.56 Å². The Balaban J connectivity index is 1.87. The van der Waals surface area contributed by atoms with Crippen molar-refractivity contribution < 1.29 is 13.6 Å². The lowest BCUT2D eigenvalue weighted by atomic mass is 10.2. The molecule has 24 heavy (non-hydrogen) atoms. The number of hydrogen-bond donors (Lipinski definition) is 1. The van der Waals surface area contributed by atoms with Gasteiger partial charge in [-0.1, -0.05) is 11.6 Å². The predicted molar refractivity (Wildman–Crippen MR) is 86.0 cm³/mol. The van der Waals surface area contributed by atoms with Crippen LogP contribution >= 0.6 is 11.6 Å². The van der Waals surface area contributed by atoms with Gasteiger partial charge in [0.15, 0.2) is 0 Å². The van der Waals surface area contributed by atoms with Crippen molar-refractivity contribution in [3.05, 3.63) is 69.7 Å². The maximum Gasteiger partial charge on any atom is 0.261 e. The van der Waals surface area contributed by atoms with Gasteiger partial charge in [0.05, 0.1) is 22.9 Å². The minimum Gasteiger partial charge on any atom is -0.322 e. The average molecular weight is 350 g/mol. The molecule has 8 heteroatoms. The van der Waals surface area contributed by atoms with Crippen molar-refractivity contribution in [1.29, 1.82) is 0 Å². The maximum atomic E-state index is 13.5. The second-order valence-corrected chi connectivity index (χ2v) is 5.45. The molecular weight excluding hydrogens is 340 g/mol. The topological polar surface area (TPSA) is 64.0 Å². The van der Waals surface area contributed by atoms with Crippen molar-refractivity contribution >= 4 is 34.1 Å². The third-order valence-corrected chi connectivity index (χ3v) is 3.54. The Kier molecular flexibility index (Phi) is 4.26. The van der Waals surface area contributed by atoms with Gasteiger partial charge < -0.3 is 5.32 Å². The average Bonchev–Trinajstić information content (AvgIpc) is 2.54. The van der Waals surface area contributed by atoms with Crippen molar-refractivity contribution in [2.45, 2.75) is 6.54 Å². The van der Waals surface area contributed by atoms with Crippen LogP contribution in [0.15, 0.2) is 47.5 Å². The molecule has 0 aliphatic heterocycles. The monoisotopic (exact) mass is 349 g/mol. The summed E-state index contributed by atoms with van der Waals surface area (Å²) in [5, 5.41) is 2.84. The number of nitrogens with one attached hydrogen (secondary N) is 1. The van der Waals surface area contributed by atoms with Crippen LogP contribution in [0.5, 0.6) is 0 Å². The van der Waals surface area contributed by atoms with E-state index in [1.54, 1.807) is 12.1 Å². The van der Waals surface area contributed by atoms with Crippen LogP contribution in [0.1, 0.15) is 0 Å². The Morgan fingerprint density at radius 2 is 2.00 bits per heavy atom.